The van der Waals surface area contributed by atoms with Crippen molar-refractivity contribution in [2.24, 2.45) is 0 Å². The van der Waals surface area contributed by atoms with Gasteiger partial charge < -0.3 is 4.90 Å². The Labute approximate surface area is 101 Å². The van der Waals surface area contributed by atoms with Crippen LogP contribution in [0.2, 0.25) is 0 Å². The topological polar surface area (TPSA) is 39.9 Å². The SMILES string of the molecule is Cc1cccc(N(C)c2cccc(C#N)n2)c1. The van der Waals surface area contributed by atoms with Gasteiger partial charge in [0.25, 0.3) is 0 Å². The number of anilines is 2. The minimum Gasteiger partial charge on any atom is -0.329 e. The predicted molar refractivity (Wildman–Crippen MR) is 68.2 cm³/mol. The molecule has 1 heterocycles. The van der Waals surface area contributed by atoms with Gasteiger partial charge in [0.05, 0.1) is 0 Å². The molecule has 0 atom stereocenters. The van der Waals surface area contributed by atoms with Gasteiger partial charge in [-0.2, -0.15) is 5.26 Å². The fraction of sp³-hybridized carbons (Fsp3) is 0.143. The van der Waals surface area contributed by atoms with Crippen LogP contribution in [0.5, 0.6) is 0 Å². The van der Waals surface area contributed by atoms with Crippen LogP contribution in [0, 0.1) is 18.3 Å². The van der Waals surface area contributed by atoms with Crippen molar-refractivity contribution in [1.82, 2.24) is 4.98 Å². The van der Waals surface area contributed by atoms with Crippen molar-refractivity contribution in [3.63, 3.8) is 0 Å². The van der Waals surface area contributed by atoms with Gasteiger partial charge in [0, 0.05) is 12.7 Å². The average molecular weight is 223 g/mol. The summed E-state index contributed by atoms with van der Waals surface area (Å²) in [6, 6.07) is 15.6. The van der Waals surface area contributed by atoms with Crippen molar-refractivity contribution in [1.29, 1.82) is 5.26 Å². The third-order valence-corrected chi connectivity index (χ3v) is 2.58. The number of rotatable bonds is 2. The van der Waals surface area contributed by atoms with Gasteiger partial charge in [-0.25, -0.2) is 4.98 Å². The molecule has 1 aromatic carbocycles. The zero-order valence-corrected chi connectivity index (χ0v) is 9.88. The van der Waals surface area contributed by atoms with E-state index in [1.54, 1.807) is 6.07 Å². The molecule has 84 valence electrons. The highest BCUT2D eigenvalue weighted by atomic mass is 15.2. The molecule has 0 aliphatic carbocycles. The minimum absolute atomic E-state index is 0.432. The van der Waals surface area contributed by atoms with Crippen molar-refractivity contribution in [2.75, 3.05) is 11.9 Å². The molecule has 0 fully saturated rings. The molecule has 17 heavy (non-hydrogen) atoms. The van der Waals surface area contributed by atoms with E-state index in [0.29, 0.717) is 5.69 Å². The third kappa shape index (κ3) is 2.43. The molecule has 0 saturated carbocycles. The Morgan fingerprint density at radius 2 is 1.94 bits per heavy atom. The summed E-state index contributed by atoms with van der Waals surface area (Å²) in [7, 11) is 1.94. The zero-order chi connectivity index (χ0) is 12.3. The Hall–Kier alpha value is -2.34. The van der Waals surface area contributed by atoms with E-state index in [9.17, 15) is 0 Å². The average Bonchev–Trinajstić information content (AvgIpc) is 2.38. The number of aryl methyl sites for hydroxylation is 1. The Bertz CT molecular complexity index is 570. The van der Waals surface area contributed by atoms with E-state index >= 15 is 0 Å². The highest BCUT2D eigenvalue weighted by Gasteiger charge is 2.05. The van der Waals surface area contributed by atoms with Gasteiger partial charge in [-0.3, -0.25) is 0 Å². The molecule has 1 aromatic heterocycles. The minimum atomic E-state index is 0.432. The van der Waals surface area contributed by atoms with E-state index in [2.05, 4.69) is 24.0 Å². The Balaban J connectivity index is 2.37. The van der Waals surface area contributed by atoms with Crippen LogP contribution in [0.25, 0.3) is 0 Å². The molecule has 0 spiro atoms. The molecule has 0 bridgehead atoms. The second-order valence-corrected chi connectivity index (χ2v) is 3.89. The van der Waals surface area contributed by atoms with Crippen molar-refractivity contribution in [3.8, 4) is 6.07 Å². The molecule has 3 heteroatoms. The maximum Gasteiger partial charge on any atom is 0.142 e. The summed E-state index contributed by atoms with van der Waals surface area (Å²) in [5, 5.41) is 8.83. The molecule has 0 aliphatic heterocycles. The van der Waals surface area contributed by atoms with E-state index in [0.717, 1.165) is 11.5 Å². The van der Waals surface area contributed by atoms with Crippen LogP contribution in [0.1, 0.15) is 11.3 Å². The maximum atomic E-state index is 8.83. The summed E-state index contributed by atoms with van der Waals surface area (Å²) in [4.78, 5) is 6.23. The molecule has 0 unspecified atom stereocenters. The van der Waals surface area contributed by atoms with Gasteiger partial charge in [0.2, 0.25) is 0 Å². The van der Waals surface area contributed by atoms with Crippen LogP contribution in [0.15, 0.2) is 42.5 Å². The first-order valence-corrected chi connectivity index (χ1v) is 5.38. The number of pyridine rings is 1. The summed E-state index contributed by atoms with van der Waals surface area (Å²) in [5.41, 5.74) is 2.69. The second-order valence-electron chi connectivity index (χ2n) is 3.89. The first kappa shape index (κ1) is 11.2. The Morgan fingerprint density at radius 1 is 1.18 bits per heavy atom. The van der Waals surface area contributed by atoms with Crippen LogP contribution in [-0.4, -0.2) is 12.0 Å². The molecule has 2 rings (SSSR count). The molecule has 0 N–H and O–H groups in total. The quantitative estimate of drug-likeness (QED) is 0.785. The number of aromatic nitrogens is 1. The van der Waals surface area contributed by atoms with Gasteiger partial charge in [0.15, 0.2) is 0 Å². The predicted octanol–water partition coefficient (Wildman–Crippen LogP) is 3.03. The van der Waals surface area contributed by atoms with E-state index in [4.69, 9.17) is 5.26 Å². The third-order valence-electron chi connectivity index (χ3n) is 2.58. The summed E-state index contributed by atoms with van der Waals surface area (Å²) in [6.45, 7) is 2.05. The molecular weight excluding hydrogens is 210 g/mol. The van der Waals surface area contributed by atoms with E-state index in [1.807, 2.05) is 42.3 Å². The molecule has 0 saturated heterocycles. The van der Waals surface area contributed by atoms with Crippen molar-refractivity contribution < 1.29 is 0 Å². The molecule has 2 aromatic rings. The lowest BCUT2D eigenvalue weighted by atomic mass is 10.2. The normalized spacial score (nSPS) is 9.71. The lowest BCUT2D eigenvalue weighted by molar-refractivity contribution is 1.11. The Morgan fingerprint density at radius 3 is 2.65 bits per heavy atom. The van der Waals surface area contributed by atoms with E-state index in [-0.39, 0.29) is 0 Å². The number of nitriles is 1. The highest BCUT2D eigenvalue weighted by Crippen LogP contribution is 2.22. The first-order valence-electron chi connectivity index (χ1n) is 5.38. The van der Waals surface area contributed by atoms with E-state index in [1.165, 1.54) is 5.56 Å². The van der Waals surface area contributed by atoms with Gasteiger partial charge >= 0.3 is 0 Å². The standard InChI is InChI=1S/C14H13N3/c1-11-5-3-7-13(9-11)17(2)14-8-4-6-12(10-15)16-14/h3-9H,1-2H3. The van der Waals surface area contributed by atoms with Crippen molar-refractivity contribution >= 4 is 11.5 Å². The highest BCUT2D eigenvalue weighted by molar-refractivity contribution is 5.60. The smallest absolute Gasteiger partial charge is 0.142 e. The van der Waals surface area contributed by atoms with Gasteiger partial charge in [0.1, 0.15) is 17.6 Å². The van der Waals surface area contributed by atoms with Gasteiger partial charge in [-0.15, -0.1) is 0 Å². The number of hydrogen-bond donors (Lipinski definition) is 0. The fourth-order valence-electron chi connectivity index (χ4n) is 1.64. The van der Waals surface area contributed by atoms with Gasteiger partial charge in [-0.1, -0.05) is 18.2 Å². The lowest BCUT2D eigenvalue weighted by Gasteiger charge is -2.18. The maximum absolute atomic E-state index is 8.83. The van der Waals surface area contributed by atoms with Crippen molar-refractivity contribution in [3.05, 3.63) is 53.7 Å². The summed E-state index contributed by atoms with van der Waals surface area (Å²) >= 11 is 0. The lowest BCUT2D eigenvalue weighted by Crippen LogP contribution is -2.11. The second kappa shape index (κ2) is 4.67. The number of benzene rings is 1. The monoisotopic (exact) mass is 223 g/mol. The zero-order valence-electron chi connectivity index (χ0n) is 9.88. The molecule has 3 nitrogen and oxygen atoms in total. The molecule has 0 amide bonds. The van der Waals surface area contributed by atoms with Crippen molar-refractivity contribution in [2.45, 2.75) is 6.92 Å². The number of hydrogen-bond acceptors (Lipinski definition) is 3. The summed E-state index contributed by atoms with van der Waals surface area (Å²) < 4.78 is 0. The van der Waals surface area contributed by atoms with Gasteiger partial charge in [-0.05, 0) is 36.8 Å². The Kier molecular flexibility index (Phi) is 3.06. The molecule has 0 aliphatic rings. The molecule has 0 radical (unpaired) electrons. The summed E-state index contributed by atoms with van der Waals surface area (Å²) in [6.07, 6.45) is 0. The van der Waals surface area contributed by atoms with Crippen LogP contribution >= 0.6 is 0 Å². The van der Waals surface area contributed by atoms with Crippen LogP contribution in [0.3, 0.4) is 0 Å². The first-order chi connectivity index (χ1) is 8.20. The van der Waals surface area contributed by atoms with Crippen LogP contribution in [0.4, 0.5) is 11.5 Å². The molecular formula is C14H13N3. The number of nitrogens with zero attached hydrogens (tertiary/aromatic N) is 3. The van der Waals surface area contributed by atoms with Crippen LogP contribution in [-0.2, 0) is 0 Å². The summed E-state index contributed by atoms with van der Waals surface area (Å²) in [5.74, 6) is 0.773. The fourth-order valence-corrected chi connectivity index (χ4v) is 1.64. The van der Waals surface area contributed by atoms with Crippen LogP contribution < -0.4 is 4.90 Å². The van der Waals surface area contributed by atoms with E-state index < -0.39 is 0 Å². The largest absolute Gasteiger partial charge is 0.329 e.